The molecule has 2 bridgehead atoms. The topological polar surface area (TPSA) is 29.5 Å². The second-order valence-corrected chi connectivity index (χ2v) is 6.03. The van der Waals surface area contributed by atoms with Crippen LogP contribution >= 0.6 is 11.3 Å². The Balaban J connectivity index is 1.60. The van der Waals surface area contributed by atoms with Gasteiger partial charge in [0.2, 0.25) is 0 Å². The number of carbonyl (C=O) groups is 1. The number of nitrogens with zero attached hydrogens (tertiary/aromatic N) is 1. The summed E-state index contributed by atoms with van der Waals surface area (Å²) >= 11 is 1.56. The number of carbonyl (C=O) groups excluding carboxylic acids is 1. The van der Waals surface area contributed by atoms with Gasteiger partial charge in [-0.05, 0) is 55.0 Å². The van der Waals surface area contributed by atoms with Crippen LogP contribution in [-0.2, 0) is 4.74 Å². The van der Waals surface area contributed by atoms with Crippen LogP contribution in [0, 0.1) is 11.8 Å². The highest BCUT2D eigenvalue weighted by molar-refractivity contribution is 7.14. The number of amides is 1. The zero-order chi connectivity index (χ0) is 11.8. The minimum atomic E-state index is -0.204. The second-order valence-electron chi connectivity index (χ2n) is 5.11. The van der Waals surface area contributed by atoms with E-state index in [1.807, 2.05) is 17.5 Å². The average Bonchev–Trinajstić information content (AvgIpc) is 3.04. The van der Waals surface area contributed by atoms with Crippen molar-refractivity contribution < 1.29 is 9.53 Å². The van der Waals surface area contributed by atoms with Crippen molar-refractivity contribution in [3.8, 4) is 0 Å². The van der Waals surface area contributed by atoms with Crippen molar-refractivity contribution in [3.05, 3.63) is 17.5 Å². The maximum atomic E-state index is 12.0. The van der Waals surface area contributed by atoms with Gasteiger partial charge in [-0.2, -0.15) is 0 Å². The summed E-state index contributed by atoms with van der Waals surface area (Å²) in [6.45, 7) is 0. The van der Waals surface area contributed by atoms with E-state index < -0.39 is 0 Å². The van der Waals surface area contributed by atoms with E-state index in [4.69, 9.17) is 4.74 Å². The number of ether oxygens (including phenoxy) is 1. The Morgan fingerprint density at radius 3 is 2.94 bits per heavy atom. The maximum Gasteiger partial charge on any atom is 0.414 e. The number of hydrogen-bond acceptors (Lipinski definition) is 3. The second kappa shape index (κ2) is 4.33. The van der Waals surface area contributed by atoms with Gasteiger partial charge in [-0.15, -0.1) is 11.3 Å². The van der Waals surface area contributed by atoms with Gasteiger partial charge in [-0.1, -0.05) is 0 Å². The predicted octanol–water partition coefficient (Wildman–Crippen LogP) is 3.51. The molecule has 0 aromatic carbocycles. The molecule has 1 amide bonds. The fraction of sp³-hybridized carbons (Fsp3) is 0.615. The number of anilines is 1. The molecule has 17 heavy (non-hydrogen) atoms. The highest BCUT2D eigenvalue weighted by atomic mass is 32.1. The van der Waals surface area contributed by atoms with Crippen molar-refractivity contribution in [1.82, 2.24) is 0 Å². The highest BCUT2D eigenvalue weighted by Gasteiger charge is 2.42. The van der Waals surface area contributed by atoms with E-state index in [1.165, 1.54) is 19.3 Å². The molecule has 0 N–H and O–H groups in total. The minimum Gasteiger partial charge on any atom is -0.446 e. The molecule has 4 heteroatoms. The summed E-state index contributed by atoms with van der Waals surface area (Å²) < 4.78 is 5.62. The predicted molar refractivity (Wildman–Crippen MR) is 68.4 cm³/mol. The molecule has 2 aliphatic carbocycles. The quantitative estimate of drug-likeness (QED) is 0.805. The number of rotatable bonds is 2. The van der Waals surface area contributed by atoms with Crippen LogP contribution in [0.4, 0.5) is 9.80 Å². The monoisotopic (exact) mass is 251 g/mol. The standard InChI is InChI=1S/C13H17NO2S/c1-14(12-3-2-6-17-12)13(15)16-11-8-9-4-5-10(11)7-9/h2-3,6,9-11H,4-5,7-8H2,1H3. The summed E-state index contributed by atoms with van der Waals surface area (Å²) in [5.74, 6) is 1.44. The van der Waals surface area contributed by atoms with E-state index >= 15 is 0 Å². The third-order valence-corrected chi connectivity index (χ3v) is 4.98. The maximum absolute atomic E-state index is 12.0. The van der Waals surface area contributed by atoms with Gasteiger partial charge in [-0.25, -0.2) is 4.79 Å². The van der Waals surface area contributed by atoms with Crippen LogP contribution in [0.1, 0.15) is 25.7 Å². The lowest BCUT2D eigenvalue weighted by Crippen LogP contribution is -2.32. The molecule has 3 nitrogen and oxygen atoms in total. The molecule has 1 aromatic rings. The molecule has 1 aromatic heterocycles. The van der Waals surface area contributed by atoms with Crippen molar-refractivity contribution in [1.29, 1.82) is 0 Å². The SMILES string of the molecule is CN(C(=O)OC1CC2CCC1C2)c1cccs1. The summed E-state index contributed by atoms with van der Waals surface area (Å²) in [4.78, 5) is 13.6. The first-order valence-corrected chi connectivity index (χ1v) is 7.10. The Morgan fingerprint density at radius 2 is 2.35 bits per heavy atom. The van der Waals surface area contributed by atoms with E-state index in [1.54, 1.807) is 23.3 Å². The normalized spacial score (nSPS) is 30.5. The third-order valence-electron chi connectivity index (χ3n) is 4.04. The van der Waals surface area contributed by atoms with Crippen LogP contribution < -0.4 is 4.90 Å². The Bertz CT molecular complexity index is 404. The molecular formula is C13H17NO2S. The van der Waals surface area contributed by atoms with Gasteiger partial charge in [0, 0.05) is 7.05 Å². The molecule has 0 radical (unpaired) electrons. The summed E-state index contributed by atoms with van der Waals surface area (Å²) in [6, 6.07) is 3.88. The highest BCUT2D eigenvalue weighted by Crippen LogP contribution is 2.46. The van der Waals surface area contributed by atoms with Crippen molar-refractivity contribution in [2.75, 3.05) is 11.9 Å². The van der Waals surface area contributed by atoms with Crippen molar-refractivity contribution in [2.45, 2.75) is 31.8 Å². The molecular weight excluding hydrogens is 234 g/mol. The van der Waals surface area contributed by atoms with Gasteiger partial charge in [0.15, 0.2) is 0 Å². The molecule has 2 aliphatic rings. The molecule has 0 spiro atoms. The van der Waals surface area contributed by atoms with E-state index in [2.05, 4.69) is 0 Å². The largest absolute Gasteiger partial charge is 0.446 e. The lowest BCUT2D eigenvalue weighted by atomic mass is 9.98. The lowest BCUT2D eigenvalue weighted by Gasteiger charge is -2.24. The van der Waals surface area contributed by atoms with Crippen LogP contribution in [-0.4, -0.2) is 19.2 Å². The van der Waals surface area contributed by atoms with Gasteiger partial charge in [0.25, 0.3) is 0 Å². The molecule has 2 fully saturated rings. The third kappa shape index (κ3) is 2.06. The van der Waals surface area contributed by atoms with Crippen LogP contribution in [0.5, 0.6) is 0 Å². The van der Waals surface area contributed by atoms with Crippen LogP contribution in [0.25, 0.3) is 0 Å². The van der Waals surface area contributed by atoms with Crippen LogP contribution in [0.15, 0.2) is 17.5 Å². The Labute approximate surface area is 105 Å². The van der Waals surface area contributed by atoms with E-state index in [9.17, 15) is 4.79 Å². The molecule has 2 saturated carbocycles. The summed E-state index contributed by atoms with van der Waals surface area (Å²) in [6.07, 6.45) is 4.88. The van der Waals surface area contributed by atoms with Gasteiger partial charge >= 0.3 is 6.09 Å². The molecule has 92 valence electrons. The van der Waals surface area contributed by atoms with Gasteiger partial charge < -0.3 is 4.74 Å². The Kier molecular flexibility index (Phi) is 2.82. The minimum absolute atomic E-state index is 0.170. The molecule has 0 saturated heterocycles. The van der Waals surface area contributed by atoms with Crippen molar-refractivity contribution in [2.24, 2.45) is 11.8 Å². The number of fused-ring (bicyclic) bond motifs is 2. The fourth-order valence-electron chi connectivity index (χ4n) is 3.09. The van der Waals surface area contributed by atoms with Gasteiger partial charge in [-0.3, -0.25) is 4.90 Å². The van der Waals surface area contributed by atoms with Gasteiger partial charge in [0.05, 0.1) is 0 Å². The average molecular weight is 251 g/mol. The first kappa shape index (κ1) is 11.1. The molecule has 3 unspecified atom stereocenters. The fourth-order valence-corrected chi connectivity index (χ4v) is 3.78. The first-order valence-electron chi connectivity index (χ1n) is 6.22. The summed E-state index contributed by atoms with van der Waals surface area (Å²) in [5.41, 5.74) is 0. The molecule has 1 heterocycles. The van der Waals surface area contributed by atoms with E-state index in [0.29, 0.717) is 5.92 Å². The zero-order valence-corrected chi connectivity index (χ0v) is 10.8. The zero-order valence-electron chi connectivity index (χ0n) is 9.96. The van der Waals surface area contributed by atoms with Gasteiger partial charge in [0.1, 0.15) is 11.1 Å². The van der Waals surface area contributed by atoms with Crippen LogP contribution in [0.3, 0.4) is 0 Å². The van der Waals surface area contributed by atoms with E-state index in [0.717, 1.165) is 17.3 Å². The van der Waals surface area contributed by atoms with E-state index in [-0.39, 0.29) is 12.2 Å². The van der Waals surface area contributed by atoms with Crippen molar-refractivity contribution in [3.63, 3.8) is 0 Å². The summed E-state index contributed by atoms with van der Waals surface area (Å²) in [5, 5.41) is 2.91. The summed E-state index contributed by atoms with van der Waals surface area (Å²) in [7, 11) is 1.78. The first-order chi connectivity index (χ1) is 8.24. The van der Waals surface area contributed by atoms with Crippen LogP contribution in [0.2, 0.25) is 0 Å². The lowest BCUT2D eigenvalue weighted by molar-refractivity contribution is 0.0711. The van der Waals surface area contributed by atoms with Crippen molar-refractivity contribution >= 4 is 22.4 Å². The smallest absolute Gasteiger partial charge is 0.414 e. The molecule has 3 rings (SSSR count). The number of hydrogen-bond donors (Lipinski definition) is 0. The molecule has 3 atom stereocenters. The Morgan fingerprint density at radius 1 is 1.47 bits per heavy atom. The number of thiophene rings is 1. The molecule has 0 aliphatic heterocycles. The Hall–Kier alpha value is -1.03.